The summed E-state index contributed by atoms with van der Waals surface area (Å²) in [6.07, 6.45) is 3.00. The van der Waals surface area contributed by atoms with Crippen LogP contribution in [0.3, 0.4) is 0 Å². The van der Waals surface area contributed by atoms with Gasteiger partial charge in [-0.1, -0.05) is 0 Å². The fourth-order valence-electron chi connectivity index (χ4n) is 2.19. The Morgan fingerprint density at radius 1 is 1.61 bits per heavy atom. The van der Waals surface area contributed by atoms with Gasteiger partial charge in [0.15, 0.2) is 0 Å². The van der Waals surface area contributed by atoms with Crippen LogP contribution in [0.25, 0.3) is 0 Å². The molecule has 0 saturated carbocycles. The number of hydrogen-bond donors (Lipinski definition) is 0. The van der Waals surface area contributed by atoms with Gasteiger partial charge in [0.2, 0.25) is 0 Å². The second kappa shape index (κ2) is 5.22. The van der Waals surface area contributed by atoms with E-state index in [1.807, 2.05) is 11.7 Å². The van der Waals surface area contributed by atoms with Gasteiger partial charge in [-0.15, -0.1) is 0 Å². The maximum atomic E-state index is 5.74. The smallest absolute Gasteiger partial charge is 0.125 e. The summed E-state index contributed by atoms with van der Waals surface area (Å²) in [5, 5.41) is 8.63. The summed E-state index contributed by atoms with van der Waals surface area (Å²) >= 11 is 1.69. The monoisotopic (exact) mass is 264 g/mol. The van der Waals surface area contributed by atoms with Crippen molar-refractivity contribution < 1.29 is 9.47 Å². The average Bonchev–Trinajstić information content (AvgIpc) is 2.97. The molecule has 3 heterocycles. The van der Waals surface area contributed by atoms with Crippen LogP contribution in [0.1, 0.15) is 22.9 Å². The third-order valence-corrected chi connectivity index (χ3v) is 3.78. The maximum Gasteiger partial charge on any atom is 0.125 e. The van der Waals surface area contributed by atoms with Crippen LogP contribution in [0.15, 0.2) is 23.0 Å². The number of rotatable bonds is 4. The number of thiophene rings is 1. The van der Waals surface area contributed by atoms with Crippen molar-refractivity contribution in [2.24, 2.45) is 7.05 Å². The Kier molecular flexibility index (Phi) is 3.45. The zero-order valence-corrected chi connectivity index (χ0v) is 11.2. The minimum atomic E-state index is -0.0198. The molecule has 96 valence electrons. The van der Waals surface area contributed by atoms with E-state index in [1.165, 1.54) is 11.1 Å². The largest absolute Gasteiger partial charge is 0.374 e. The summed E-state index contributed by atoms with van der Waals surface area (Å²) in [6, 6.07) is 2.08. The third-order valence-electron chi connectivity index (χ3n) is 3.05. The number of fused-ring (bicyclic) bond motifs is 1. The van der Waals surface area contributed by atoms with Gasteiger partial charge in [-0.25, -0.2) is 0 Å². The molecule has 0 amide bonds. The predicted octanol–water partition coefficient (Wildman–Crippen LogP) is 2.31. The first-order valence-electron chi connectivity index (χ1n) is 6.06. The highest BCUT2D eigenvalue weighted by Gasteiger charge is 2.24. The lowest BCUT2D eigenvalue weighted by molar-refractivity contribution is -0.0320. The van der Waals surface area contributed by atoms with E-state index in [-0.39, 0.29) is 6.10 Å². The van der Waals surface area contributed by atoms with Gasteiger partial charge in [-0.2, -0.15) is 16.4 Å². The van der Waals surface area contributed by atoms with Crippen molar-refractivity contribution in [1.29, 1.82) is 0 Å². The van der Waals surface area contributed by atoms with Gasteiger partial charge < -0.3 is 9.47 Å². The summed E-state index contributed by atoms with van der Waals surface area (Å²) in [4.78, 5) is 0. The third kappa shape index (κ3) is 2.48. The normalized spacial score (nSPS) is 18.8. The SMILES string of the molecule is Cn1cc2c(n1)C(COCc1ccsc1)OCC2. The summed E-state index contributed by atoms with van der Waals surface area (Å²) in [6.45, 7) is 1.97. The molecule has 0 N–H and O–H groups in total. The Hall–Kier alpha value is -1.17. The number of aryl methyl sites for hydroxylation is 1. The predicted molar refractivity (Wildman–Crippen MR) is 69.6 cm³/mol. The zero-order valence-electron chi connectivity index (χ0n) is 10.3. The minimum Gasteiger partial charge on any atom is -0.374 e. The van der Waals surface area contributed by atoms with Gasteiger partial charge in [-0.05, 0) is 34.4 Å². The maximum absolute atomic E-state index is 5.74. The van der Waals surface area contributed by atoms with E-state index in [0.29, 0.717) is 13.2 Å². The first-order valence-corrected chi connectivity index (χ1v) is 7.00. The van der Waals surface area contributed by atoms with Crippen LogP contribution in [-0.2, 0) is 29.5 Å². The highest BCUT2D eigenvalue weighted by Crippen LogP contribution is 2.25. The van der Waals surface area contributed by atoms with Crippen LogP contribution in [0.2, 0.25) is 0 Å². The van der Waals surface area contributed by atoms with Crippen molar-refractivity contribution >= 4 is 11.3 Å². The molecule has 1 aliphatic rings. The lowest BCUT2D eigenvalue weighted by Crippen LogP contribution is -2.20. The second-order valence-corrected chi connectivity index (χ2v) is 5.25. The quantitative estimate of drug-likeness (QED) is 0.850. The van der Waals surface area contributed by atoms with Crippen LogP contribution in [0.4, 0.5) is 0 Å². The molecule has 1 aliphatic heterocycles. The zero-order chi connectivity index (χ0) is 12.4. The Labute approximate surface area is 110 Å². The van der Waals surface area contributed by atoms with E-state index >= 15 is 0 Å². The molecular formula is C13H16N2O2S. The molecule has 0 fully saturated rings. The number of nitrogens with zero attached hydrogens (tertiary/aromatic N) is 2. The number of aromatic nitrogens is 2. The van der Waals surface area contributed by atoms with Crippen LogP contribution in [0, 0.1) is 0 Å². The minimum absolute atomic E-state index is 0.0198. The Morgan fingerprint density at radius 3 is 3.39 bits per heavy atom. The van der Waals surface area contributed by atoms with Crippen molar-refractivity contribution in [3.05, 3.63) is 39.8 Å². The topological polar surface area (TPSA) is 36.3 Å². The fraction of sp³-hybridized carbons (Fsp3) is 0.462. The van der Waals surface area contributed by atoms with Crippen molar-refractivity contribution in [1.82, 2.24) is 9.78 Å². The molecule has 1 atom stereocenters. The molecule has 0 bridgehead atoms. The molecule has 18 heavy (non-hydrogen) atoms. The summed E-state index contributed by atoms with van der Waals surface area (Å²) in [7, 11) is 1.95. The molecule has 2 aromatic rings. The Balaban J connectivity index is 1.60. The van der Waals surface area contributed by atoms with Crippen LogP contribution in [0.5, 0.6) is 0 Å². The van der Waals surface area contributed by atoms with Crippen LogP contribution < -0.4 is 0 Å². The molecule has 4 nitrogen and oxygen atoms in total. The van der Waals surface area contributed by atoms with Gasteiger partial charge in [0.05, 0.1) is 25.5 Å². The van der Waals surface area contributed by atoms with E-state index in [9.17, 15) is 0 Å². The first kappa shape index (κ1) is 11.9. The molecule has 2 aromatic heterocycles. The van der Waals surface area contributed by atoms with Gasteiger partial charge in [0, 0.05) is 13.2 Å². The fourth-order valence-corrected chi connectivity index (χ4v) is 2.85. The van der Waals surface area contributed by atoms with Crippen molar-refractivity contribution in [2.45, 2.75) is 19.1 Å². The first-order chi connectivity index (χ1) is 8.83. The standard InChI is InChI=1S/C13H16N2O2S/c1-15-6-11-2-4-17-12(13(11)14-15)8-16-7-10-3-5-18-9-10/h3,5-6,9,12H,2,4,7-8H2,1H3. The van der Waals surface area contributed by atoms with Crippen LogP contribution in [-0.4, -0.2) is 23.0 Å². The molecule has 5 heteroatoms. The number of ether oxygens (including phenoxy) is 2. The molecule has 1 unspecified atom stereocenters. The van der Waals surface area contributed by atoms with E-state index in [0.717, 1.165) is 18.7 Å². The van der Waals surface area contributed by atoms with Gasteiger partial charge in [-0.3, -0.25) is 4.68 Å². The molecule has 0 radical (unpaired) electrons. The van der Waals surface area contributed by atoms with Gasteiger partial charge in [0.1, 0.15) is 6.10 Å². The molecule has 0 aliphatic carbocycles. The molecule has 0 spiro atoms. The van der Waals surface area contributed by atoms with E-state index in [1.54, 1.807) is 11.3 Å². The van der Waals surface area contributed by atoms with Gasteiger partial charge >= 0.3 is 0 Å². The summed E-state index contributed by atoms with van der Waals surface area (Å²) < 4.78 is 13.3. The lowest BCUT2D eigenvalue weighted by Gasteiger charge is -2.21. The van der Waals surface area contributed by atoms with Crippen molar-refractivity contribution in [3.63, 3.8) is 0 Å². The molecule has 0 aromatic carbocycles. The number of hydrogen-bond acceptors (Lipinski definition) is 4. The van der Waals surface area contributed by atoms with Crippen LogP contribution >= 0.6 is 11.3 Å². The van der Waals surface area contributed by atoms with Crippen molar-refractivity contribution in [3.8, 4) is 0 Å². The highest BCUT2D eigenvalue weighted by molar-refractivity contribution is 7.07. The molecule has 3 rings (SSSR count). The highest BCUT2D eigenvalue weighted by atomic mass is 32.1. The Bertz CT molecular complexity index is 507. The summed E-state index contributed by atoms with van der Waals surface area (Å²) in [5.41, 5.74) is 3.54. The lowest BCUT2D eigenvalue weighted by atomic mass is 10.1. The van der Waals surface area contributed by atoms with E-state index < -0.39 is 0 Å². The molecule has 0 saturated heterocycles. The average molecular weight is 264 g/mol. The van der Waals surface area contributed by atoms with Crippen molar-refractivity contribution in [2.75, 3.05) is 13.2 Å². The summed E-state index contributed by atoms with van der Waals surface area (Å²) in [5.74, 6) is 0. The second-order valence-electron chi connectivity index (χ2n) is 4.47. The molecular weight excluding hydrogens is 248 g/mol. The van der Waals surface area contributed by atoms with E-state index in [4.69, 9.17) is 9.47 Å². The Morgan fingerprint density at radius 2 is 2.56 bits per heavy atom. The van der Waals surface area contributed by atoms with E-state index in [2.05, 4.69) is 28.1 Å². The van der Waals surface area contributed by atoms with Gasteiger partial charge in [0.25, 0.3) is 0 Å².